The number of fused-ring (bicyclic) bond motifs is 1. The number of aromatic nitrogens is 3. The molecule has 0 spiro atoms. The van der Waals surface area contributed by atoms with Gasteiger partial charge in [0.15, 0.2) is 5.65 Å². The predicted octanol–water partition coefficient (Wildman–Crippen LogP) is 3.51. The van der Waals surface area contributed by atoms with E-state index in [0.29, 0.717) is 11.6 Å². The van der Waals surface area contributed by atoms with E-state index in [1.807, 2.05) is 24.1 Å². The number of rotatable bonds is 5. The monoisotopic (exact) mass is 352 g/mol. The standard InChI is InChI=1S/C19H21FN6/c1-12-8-13(4-7-15(12)20)16-9-18-23-17(22-14-5-6-14)10-19(26(18)24-16)25(3)11-21-2/h4,7-11,14H,5-6H2,1-3H3,(H,22,23). The van der Waals surface area contributed by atoms with Gasteiger partial charge in [0.05, 0.1) is 12.0 Å². The van der Waals surface area contributed by atoms with Crippen molar-refractivity contribution in [2.75, 3.05) is 24.3 Å². The Kier molecular flexibility index (Phi) is 4.06. The maximum Gasteiger partial charge on any atom is 0.160 e. The fourth-order valence-electron chi connectivity index (χ4n) is 2.90. The van der Waals surface area contributed by atoms with Crippen LogP contribution in [0.4, 0.5) is 16.0 Å². The number of aliphatic imine (C=N–C) groups is 1. The van der Waals surface area contributed by atoms with Gasteiger partial charge in [-0.15, -0.1) is 0 Å². The van der Waals surface area contributed by atoms with Crippen molar-refractivity contribution in [3.05, 3.63) is 41.7 Å². The van der Waals surface area contributed by atoms with Crippen LogP contribution in [0.3, 0.4) is 0 Å². The van der Waals surface area contributed by atoms with Crippen molar-refractivity contribution in [1.29, 1.82) is 0 Å². The Balaban J connectivity index is 1.83. The van der Waals surface area contributed by atoms with Gasteiger partial charge in [-0.05, 0) is 43.5 Å². The number of nitrogens with one attached hydrogen (secondary N) is 1. The third kappa shape index (κ3) is 3.12. The van der Waals surface area contributed by atoms with Crippen LogP contribution >= 0.6 is 0 Å². The molecule has 0 unspecified atom stereocenters. The van der Waals surface area contributed by atoms with Crippen LogP contribution in [0.15, 0.2) is 35.3 Å². The predicted molar refractivity (Wildman–Crippen MR) is 103 cm³/mol. The second kappa shape index (κ2) is 6.40. The van der Waals surface area contributed by atoms with Gasteiger partial charge in [0.25, 0.3) is 0 Å². The molecule has 0 atom stereocenters. The fraction of sp³-hybridized carbons (Fsp3) is 0.316. The average molecular weight is 352 g/mol. The zero-order valence-electron chi connectivity index (χ0n) is 15.1. The van der Waals surface area contributed by atoms with E-state index < -0.39 is 0 Å². The minimum atomic E-state index is -0.217. The summed E-state index contributed by atoms with van der Waals surface area (Å²) in [5, 5.41) is 8.13. The number of halogens is 1. The summed E-state index contributed by atoms with van der Waals surface area (Å²) in [5.41, 5.74) is 2.95. The van der Waals surface area contributed by atoms with E-state index in [0.717, 1.165) is 28.5 Å². The summed E-state index contributed by atoms with van der Waals surface area (Å²) in [4.78, 5) is 10.7. The van der Waals surface area contributed by atoms with E-state index in [1.165, 1.54) is 18.9 Å². The van der Waals surface area contributed by atoms with Crippen molar-refractivity contribution < 1.29 is 4.39 Å². The van der Waals surface area contributed by atoms with Crippen molar-refractivity contribution in [2.45, 2.75) is 25.8 Å². The van der Waals surface area contributed by atoms with Crippen molar-refractivity contribution in [3.63, 3.8) is 0 Å². The first-order chi connectivity index (χ1) is 12.5. The number of benzene rings is 1. The minimum absolute atomic E-state index is 0.217. The molecule has 1 N–H and O–H groups in total. The Morgan fingerprint density at radius 2 is 2.12 bits per heavy atom. The molecule has 0 radical (unpaired) electrons. The van der Waals surface area contributed by atoms with E-state index in [2.05, 4.69) is 15.3 Å². The lowest BCUT2D eigenvalue weighted by molar-refractivity contribution is 0.618. The van der Waals surface area contributed by atoms with Crippen LogP contribution in [0, 0.1) is 12.7 Å². The molecule has 1 fully saturated rings. The lowest BCUT2D eigenvalue weighted by Gasteiger charge is -2.16. The van der Waals surface area contributed by atoms with Crippen LogP contribution in [0.1, 0.15) is 18.4 Å². The molecule has 6 nitrogen and oxygen atoms in total. The molecule has 1 aliphatic rings. The Morgan fingerprint density at radius 3 is 2.81 bits per heavy atom. The fourth-order valence-corrected chi connectivity index (χ4v) is 2.90. The lowest BCUT2D eigenvalue weighted by atomic mass is 10.1. The summed E-state index contributed by atoms with van der Waals surface area (Å²) in [6, 6.07) is 9.41. The maximum absolute atomic E-state index is 13.6. The third-order valence-electron chi connectivity index (χ3n) is 4.44. The topological polar surface area (TPSA) is 57.8 Å². The van der Waals surface area contributed by atoms with Crippen LogP contribution in [-0.4, -0.2) is 41.1 Å². The average Bonchev–Trinajstić information content (AvgIpc) is 3.32. The molecule has 3 aromatic rings. The highest BCUT2D eigenvalue weighted by Gasteiger charge is 2.22. The molecule has 2 aromatic heterocycles. The first kappa shape index (κ1) is 16.5. The summed E-state index contributed by atoms with van der Waals surface area (Å²) in [7, 11) is 3.65. The highest BCUT2D eigenvalue weighted by atomic mass is 19.1. The number of hydrogen-bond donors (Lipinski definition) is 1. The molecule has 1 aromatic carbocycles. The van der Waals surface area contributed by atoms with Crippen LogP contribution in [0.25, 0.3) is 16.9 Å². The van der Waals surface area contributed by atoms with Gasteiger partial charge < -0.3 is 10.2 Å². The maximum atomic E-state index is 13.6. The second-order valence-corrected chi connectivity index (χ2v) is 6.67. The highest BCUT2D eigenvalue weighted by Crippen LogP contribution is 2.28. The van der Waals surface area contributed by atoms with Crippen molar-refractivity contribution >= 4 is 23.6 Å². The van der Waals surface area contributed by atoms with Gasteiger partial charge in [0, 0.05) is 37.8 Å². The molecule has 0 saturated heterocycles. The van der Waals surface area contributed by atoms with E-state index in [9.17, 15) is 4.39 Å². The first-order valence-corrected chi connectivity index (χ1v) is 8.64. The lowest BCUT2D eigenvalue weighted by Crippen LogP contribution is -2.19. The van der Waals surface area contributed by atoms with Crippen LogP contribution in [-0.2, 0) is 0 Å². The number of nitrogens with zero attached hydrogens (tertiary/aromatic N) is 5. The molecule has 0 bridgehead atoms. The molecule has 134 valence electrons. The smallest absolute Gasteiger partial charge is 0.160 e. The van der Waals surface area contributed by atoms with Crippen LogP contribution in [0.5, 0.6) is 0 Å². The first-order valence-electron chi connectivity index (χ1n) is 8.64. The normalized spacial score (nSPS) is 14.3. The van der Waals surface area contributed by atoms with Gasteiger partial charge in [-0.2, -0.15) is 9.61 Å². The summed E-state index contributed by atoms with van der Waals surface area (Å²) in [6.45, 7) is 1.75. The molecule has 4 rings (SSSR count). The number of aryl methyl sites for hydroxylation is 1. The van der Waals surface area contributed by atoms with Gasteiger partial charge in [-0.3, -0.25) is 4.99 Å². The van der Waals surface area contributed by atoms with Gasteiger partial charge in [0.2, 0.25) is 0 Å². The molecule has 7 heteroatoms. The molecule has 0 amide bonds. The van der Waals surface area contributed by atoms with E-state index in [1.54, 1.807) is 37.0 Å². The molecular formula is C19H21FN6. The quantitative estimate of drug-likeness (QED) is 0.564. The van der Waals surface area contributed by atoms with Crippen LogP contribution < -0.4 is 10.2 Å². The van der Waals surface area contributed by atoms with Gasteiger partial charge in [-0.1, -0.05) is 0 Å². The molecule has 26 heavy (non-hydrogen) atoms. The molecule has 1 aliphatic carbocycles. The molecule has 2 heterocycles. The minimum Gasteiger partial charge on any atom is -0.367 e. The van der Waals surface area contributed by atoms with Crippen LogP contribution in [0.2, 0.25) is 0 Å². The molecule has 0 aliphatic heterocycles. The summed E-state index contributed by atoms with van der Waals surface area (Å²) < 4.78 is 15.4. The summed E-state index contributed by atoms with van der Waals surface area (Å²) in [5.74, 6) is 1.47. The number of anilines is 2. The highest BCUT2D eigenvalue weighted by molar-refractivity contribution is 5.79. The Bertz CT molecular complexity index is 989. The Hall–Kier alpha value is -2.96. The van der Waals surface area contributed by atoms with E-state index in [-0.39, 0.29) is 5.82 Å². The Morgan fingerprint density at radius 1 is 1.31 bits per heavy atom. The summed E-state index contributed by atoms with van der Waals surface area (Å²) in [6.07, 6.45) is 4.08. The molecule has 1 saturated carbocycles. The second-order valence-electron chi connectivity index (χ2n) is 6.67. The zero-order chi connectivity index (χ0) is 18.3. The largest absolute Gasteiger partial charge is 0.367 e. The number of hydrogen-bond acceptors (Lipinski definition) is 4. The van der Waals surface area contributed by atoms with Gasteiger partial charge in [-0.25, -0.2) is 9.37 Å². The van der Waals surface area contributed by atoms with Crippen molar-refractivity contribution in [2.24, 2.45) is 4.99 Å². The third-order valence-corrected chi connectivity index (χ3v) is 4.44. The van der Waals surface area contributed by atoms with Crippen molar-refractivity contribution in [3.8, 4) is 11.3 Å². The van der Waals surface area contributed by atoms with Gasteiger partial charge >= 0.3 is 0 Å². The SMILES string of the molecule is CN=CN(C)c1cc(NC2CC2)nc2cc(-c3ccc(F)c(C)c3)nn12. The van der Waals surface area contributed by atoms with E-state index >= 15 is 0 Å². The van der Waals surface area contributed by atoms with Crippen molar-refractivity contribution in [1.82, 2.24) is 14.6 Å². The van der Waals surface area contributed by atoms with Gasteiger partial charge in [0.1, 0.15) is 17.5 Å². The Labute approximate surface area is 151 Å². The summed E-state index contributed by atoms with van der Waals surface area (Å²) >= 11 is 0. The van der Waals surface area contributed by atoms with E-state index in [4.69, 9.17) is 5.10 Å². The molecular weight excluding hydrogens is 331 g/mol. The zero-order valence-corrected chi connectivity index (χ0v) is 15.1.